The predicted molar refractivity (Wildman–Crippen MR) is 55.9 cm³/mol. The maximum Gasteiger partial charge on any atom is 0.0650 e. The first kappa shape index (κ1) is 7.38. The lowest BCUT2D eigenvalue weighted by Crippen LogP contribution is -1.73. The van der Waals surface area contributed by atoms with Crippen LogP contribution in [0.25, 0.3) is 22.0 Å². The van der Waals surface area contributed by atoms with Gasteiger partial charge >= 0.3 is 0 Å². The molecule has 0 radical (unpaired) electrons. The fraction of sp³-hybridized carbons (Fsp3) is 0. The maximum absolute atomic E-state index is 3.99. The van der Waals surface area contributed by atoms with Crippen molar-refractivity contribution >= 4 is 10.9 Å². The predicted octanol–water partition coefficient (Wildman–Crippen LogP) is 2.56. The second-order valence-corrected chi connectivity index (χ2v) is 3.27. The average molecular weight is 183 g/mol. The Balaban J connectivity index is 2.23. The Hall–Kier alpha value is -2.03. The molecule has 3 aromatic rings. The molecule has 0 amide bonds. The maximum atomic E-state index is 3.99. The number of H-pyrrole nitrogens is 2. The van der Waals surface area contributed by atoms with E-state index in [0.717, 1.165) is 10.9 Å². The van der Waals surface area contributed by atoms with Crippen LogP contribution >= 0.6 is 0 Å². The Kier molecular flexibility index (Phi) is 1.44. The Labute approximate surface area is 80.8 Å². The van der Waals surface area contributed by atoms with Crippen molar-refractivity contribution in [2.45, 2.75) is 0 Å². The number of fused-ring (bicyclic) bond motifs is 1. The van der Waals surface area contributed by atoms with Gasteiger partial charge in [0.05, 0.1) is 11.7 Å². The quantitative estimate of drug-likeness (QED) is 0.598. The number of aromatic nitrogens is 3. The Morgan fingerprint density at radius 1 is 1.07 bits per heavy atom. The molecule has 0 saturated heterocycles. The number of rotatable bonds is 1. The molecule has 2 heterocycles. The summed E-state index contributed by atoms with van der Waals surface area (Å²) >= 11 is 0. The molecule has 3 nitrogen and oxygen atoms in total. The third kappa shape index (κ3) is 1.03. The molecular weight excluding hydrogens is 174 g/mol. The van der Waals surface area contributed by atoms with Crippen LogP contribution in [-0.4, -0.2) is 15.2 Å². The highest BCUT2D eigenvalue weighted by atomic mass is 15.1. The zero-order valence-corrected chi connectivity index (χ0v) is 7.49. The van der Waals surface area contributed by atoms with Crippen LogP contribution in [0.2, 0.25) is 0 Å². The third-order valence-electron chi connectivity index (χ3n) is 2.37. The van der Waals surface area contributed by atoms with Gasteiger partial charge in [-0.1, -0.05) is 6.07 Å². The molecule has 3 heteroatoms. The molecule has 0 saturated carbocycles. The van der Waals surface area contributed by atoms with E-state index in [1.54, 1.807) is 0 Å². The van der Waals surface area contributed by atoms with Crippen LogP contribution < -0.4 is 0 Å². The molecule has 68 valence electrons. The molecule has 0 aliphatic heterocycles. The van der Waals surface area contributed by atoms with Crippen LogP contribution in [0.3, 0.4) is 0 Å². The summed E-state index contributed by atoms with van der Waals surface area (Å²) in [7, 11) is 0. The van der Waals surface area contributed by atoms with Crippen molar-refractivity contribution in [2.75, 3.05) is 0 Å². The van der Waals surface area contributed by atoms with Crippen LogP contribution in [0.1, 0.15) is 0 Å². The van der Waals surface area contributed by atoms with Gasteiger partial charge < -0.3 is 4.98 Å². The molecule has 2 aromatic heterocycles. The van der Waals surface area contributed by atoms with Gasteiger partial charge in [-0.25, -0.2) is 0 Å². The van der Waals surface area contributed by atoms with Gasteiger partial charge in [0.1, 0.15) is 0 Å². The first-order valence-electron chi connectivity index (χ1n) is 4.50. The summed E-state index contributed by atoms with van der Waals surface area (Å²) in [5.74, 6) is 0. The number of nitrogens with zero attached hydrogens (tertiary/aromatic N) is 1. The van der Waals surface area contributed by atoms with Crippen molar-refractivity contribution in [3.63, 3.8) is 0 Å². The Bertz CT molecular complexity index is 549. The largest absolute Gasteiger partial charge is 0.367 e. The van der Waals surface area contributed by atoms with Crippen LogP contribution in [0.15, 0.2) is 42.9 Å². The second-order valence-electron chi connectivity index (χ2n) is 3.27. The topological polar surface area (TPSA) is 44.5 Å². The van der Waals surface area contributed by atoms with Crippen molar-refractivity contribution in [3.05, 3.63) is 42.9 Å². The van der Waals surface area contributed by atoms with E-state index in [1.807, 2.05) is 24.7 Å². The van der Waals surface area contributed by atoms with E-state index in [2.05, 4.69) is 33.4 Å². The molecule has 0 aliphatic rings. The first-order chi connectivity index (χ1) is 6.93. The number of benzene rings is 1. The molecule has 0 unspecified atom stereocenters. The smallest absolute Gasteiger partial charge is 0.0650 e. The standard InChI is InChI=1S/C11H9N3/c1-2-11-10(7-13-14-11)5-8(1)9-3-4-12-6-9/h1-7,12H,(H,13,14). The summed E-state index contributed by atoms with van der Waals surface area (Å²) in [6.07, 6.45) is 5.75. The fourth-order valence-electron chi connectivity index (χ4n) is 1.63. The molecule has 0 fully saturated rings. The number of aromatic amines is 2. The summed E-state index contributed by atoms with van der Waals surface area (Å²) in [6, 6.07) is 8.32. The summed E-state index contributed by atoms with van der Waals surface area (Å²) in [5.41, 5.74) is 3.48. The minimum Gasteiger partial charge on any atom is -0.367 e. The van der Waals surface area contributed by atoms with E-state index in [9.17, 15) is 0 Å². The summed E-state index contributed by atoms with van der Waals surface area (Å²) in [5, 5.41) is 8.07. The lowest BCUT2D eigenvalue weighted by Gasteiger charge is -1.96. The van der Waals surface area contributed by atoms with E-state index in [0.29, 0.717) is 0 Å². The normalized spacial score (nSPS) is 10.9. The van der Waals surface area contributed by atoms with Gasteiger partial charge in [-0.3, -0.25) is 5.10 Å². The van der Waals surface area contributed by atoms with Crippen LogP contribution in [-0.2, 0) is 0 Å². The average Bonchev–Trinajstić information content (AvgIpc) is 2.88. The Morgan fingerprint density at radius 3 is 2.93 bits per heavy atom. The monoisotopic (exact) mass is 183 g/mol. The molecule has 0 bridgehead atoms. The highest BCUT2D eigenvalue weighted by Crippen LogP contribution is 2.22. The van der Waals surface area contributed by atoms with E-state index in [1.165, 1.54) is 11.1 Å². The minimum absolute atomic E-state index is 1.07. The van der Waals surface area contributed by atoms with Gasteiger partial charge in [0.25, 0.3) is 0 Å². The van der Waals surface area contributed by atoms with Gasteiger partial charge in [0.15, 0.2) is 0 Å². The highest BCUT2D eigenvalue weighted by molar-refractivity contribution is 5.83. The molecule has 0 atom stereocenters. The van der Waals surface area contributed by atoms with Crippen LogP contribution in [0, 0.1) is 0 Å². The van der Waals surface area contributed by atoms with E-state index in [4.69, 9.17) is 0 Å². The molecule has 3 rings (SSSR count). The van der Waals surface area contributed by atoms with Gasteiger partial charge in [0, 0.05) is 17.8 Å². The van der Waals surface area contributed by atoms with Crippen molar-refractivity contribution < 1.29 is 0 Å². The molecule has 14 heavy (non-hydrogen) atoms. The number of nitrogens with one attached hydrogen (secondary N) is 2. The molecule has 0 spiro atoms. The molecule has 1 aromatic carbocycles. The van der Waals surface area contributed by atoms with E-state index < -0.39 is 0 Å². The lowest BCUT2D eigenvalue weighted by molar-refractivity contribution is 1.12. The van der Waals surface area contributed by atoms with Crippen LogP contribution in [0.5, 0.6) is 0 Å². The number of hydrogen-bond acceptors (Lipinski definition) is 1. The first-order valence-corrected chi connectivity index (χ1v) is 4.50. The second kappa shape index (κ2) is 2.73. The minimum atomic E-state index is 1.07. The van der Waals surface area contributed by atoms with Crippen LogP contribution in [0.4, 0.5) is 0 Å². The van der Waals surface area contributed by atoms with Gasteiger partial charge in [-0.05, 0) is 29.3 Å². The lowest BCUT2D eigenvalue weighted by atomic mass is 10.1. The van der Waals surface area contributed by atoms with Gasteiger partial charge in [-0.15, -0.1) is 0 Å². The van der Waals surface area contributed by atoms with Crippen molar-refractivity contribution in [1.29, 1.82) is 0 Å². The molecule has 2 N–H and O–H groups in total. The zero-order chi connectivity index (χ0) is 9.38. The van der Waals surface area contributed by atoms with Crippen molar-refractivity contribution in [3.8, 4) is 11.1 Å². The molecule has 0 aliphatic carbocycles. The fourth-order valence-corrected chi connectivity index (χ4v) is 1.63. The van der Waals surface area contributed by atoms with Crippen molar-refractivity contribution in [2.24, 2.45) is 0 Å². The zero-order valence-electron chi connectivity index (χ0n) is 7.49. The molecular formula is C11H9N3. The van der Waals surface area contributed by atoms with E-state index >= 15 is 0 Å². The van der Waals surface area contributed by atoms with Gasteiger partial charge in [0.2, 0.25) is 0 Å². The summed E-state index contributed by atoms with van der Waals surface area (Å²) in [6.45, 7) is 0. The number of hydrogen-bond donors (Lipinski definition) is 2. The summed E-state index contributed by atoms with van der Waals surface area (Å²) in [4.78, 5) is 3.05. The van der Waals surface area contributed by atoms with Gasteiger partial charge in [-0.2, -0.15) is 5.10 Å². The highest BCUT2D eigenvalue weighted by Gasteiger charge is 2.00. The third-order valence-corrected chi connectivity index (χ3v) is 2.37. The van der Waals surface area contributed by atoms with Crippen molar-refractivity contribution in [1.82, 2.24) is 15.2 Å². The SMILES string of the molecule is c1cc(-c2ccc3[nH]ncc3c2)c[nH]1. The van der Waals surface area contributed by atoms with E-state index in [-0.39, 0.29) is 0 Å². The Morgan fingerprint density at radius 2 is 2.07 bits per heavy atom. The summed E-state index contributed by atoms with van der Waals surface area (Å²) < 4.78 is 0.